The second-order valence-corrected chi connectivity index (χ2v) is 14.1. The number of halogens is 6. The molecule has 0 radical (unpaired) electrons. The number of allylic oxidation sites excluding steroid dienone is 1. The fourth-order valence-electron chi connectivity index (χ4n) is 8.42. The normalized spacial score (nSPS) is 15.9. The number of rotatable bonds is 12. The molecule has 0 spiro atoms. The van der Waals surface area contributed by atoms with Crippen LogP contribution in [0, 0.1) is 29.8 Å². The van der Waals surface area contributed by atoms with Gasteiger partial charge in [-0.05, 0) is 88.1 Å². The minimum atomic E-state index is -5.26. The largest absolute Gasteiger partial charge is 0.417 e. The molecule has 3 aromatic carbocycles. The summed E-state index contributed by atoms with van der Waals surface area (Å²) >= 11 is 0. The standard InChI is InChI=1S/C40H44F6N6/c1-6-24(7-2)48-17-18-49-38-33-29(22(4)5)34(40(44,45)46)32(31-30-23(21-27(47)35(31)42)11-12-26(41)25(30)8-3)36(43)37(33)50-28(51-38)13-16-39-14-9-19-52(39)20-10-15-39/h3,11-12,21,24,48H,4,6-7,9-10,13-20,47H2,1-2,5H3,(H,49,50,51). The Labute approximate surface area is 300 Å². The van der Waals surface area contributed by atoms with E-state index in [2.05, 4.69) is 46.9 Å². The van der Waals surface area contributed by atoms with Gasteiger partial charge in [0, 0.05) is 53.2 Å². The molecule has 0 bridgehead atoms. The van der Waals surface area contributed by atoms with Crippen LogP contribution in [0.3, 0.4) is 0 Å². The van der Waals surface area contributed by atoms with E-state index in [-0.39, 0.29) is 46.1 Å². The molecule has 6 rings (SSSR count). The van der Waals surface area contributed by atoms with E-state index in [0.29, 0.717) is 19.4 Å². The molecule has 2 saturated heterocycles. The predicted octanol–water partition coefficient (Wildman–Crippen LogP) is 9.23. The van der Waals surface area contributed by atoms with Crippen molar-refractivity contribution in [3.8, 4) is 23.5 Å². The summed E-state index contributed by atoms with van der Waals surface area (Å²) in [6, 6.07) is 3.59. The minimum Gasteiger partial charge on any atom is -0.396 e. The lowest BCUT2D eigenvalue weighted by Crippen LogP contribution is -2.38. The van der Waals surface area contributed by atoms with E-state index in [1.165, 1.54) is 13.0 Å². The molecule has 6 nitrogen and oxygen atoms in total. The van der Waals surface area contributed by atoms with E-state index < -0.39 is 68.0 Å². The third kappa shape index (κ3) is 6.58. The fourth-order valence-corrected chi connectivity index (χ4v) is 8.42. The second kappa shape index (κ2) is 14.6. The minimum absolute atomic E-state index is 0.0146. The third-order valence-corrected chi connectivity index (χ3v) is 10.9. The molecule has 12 heteroatoms. The Bertz CT molecular complexity index is 2070. The number of benzene rings is 3. The average molecular weight is 723 g/mol. The number of alkyl halides is 3. The molecule has 2 fully saturated rings. The summed E-state index contributed by atoms with van der Waals surface area (Å²) in [7, 11) is 0. The number of aryl methyl sites for hydroxylation is 1. The van der Waals surface area contributed by atoms with Crippen molar-refractivity contribution in [2.24, 2.45) is 0 Å². The van der Waals surface area contributed by atoms with Crippen LogP contribution in [0.5, 0.6) is 0 Å². The van der Waals surface area contributed by atoms with Gasteiger partial charge in [-0.3, -0.25) is 4.90 Å². The summed E-state index contributed by atoms with van der Waals surface area (Å²) in [5.41, 5.74) is 0.256. The molecular formula is C40H44F6N6. The highest BCUT2D eigenvalue weighted by Gasteiger charge is 2.45. The highest BCUT2D eigenvalue weighted by atomic mass is 19.4. The van der Waals surface area contributed by atoms with Crippen molar-refractivity contribution in [2.75, 3.05) is 37.2 Å². The first kappa shape index (κ1) is 37.4. The Morgan fingerprint density at radius 1 is 1.04 bits per heavy atom. The van der Waals surface area contributed by atoms with E-state index in [1.807, 2.05) is 0 Å². The highest BCUT2D eigenvalue weighted by Crippen LogP contribution is 2.51. The molecule has 276 valence electrons. The molecular weight excluding hydrogens is 678 g/mol. The van der Waals surface area contributed by atoms with Gasteiger partial charge in [0.2, 0.25) is 0 Å². The quantitative estimate of drug-likeness (QED) is 0.0586. The lowest BCUT2D eigenvalue weighted by molar-refractivity contribution is -0.137. The smallest absolute Gasteiger partial charge is 0.396 e. The molecule has 0 unspecified atom stereocenters. The van der Waals surface area contributed by atoms with Gasteiger partial charge >= 0.3 is 6.18 Å². The van der Waals surface area contributed by atoms with Crippen molar-refractivity contribution in [1.29, 1.82) is 0 Å². The number of nitrogens with two attached hydrogens (primary N) is 1. The summed E-state index contributed by atoms with van der Waals surface area (Å²) in [6.07, 6.45) is 7.33. The summed E-state index contributed by atoms with van der Waals surface area (Å²) in [6.45, 7) is 12.0. The van der Waals surface area contributed by atoms with Gasteiger partial charge in [-0.25, -0.2) is 23.1 Å². The molecule has 4 aromatic rings. The number of hydrogen-bond acceptors (Lipinski definition) is 6. The maximum Gasteiger partial charge on any atom is 0.417 e. The van der Waals surface area contributed by atoms with E-state index >= 15 is 26.3 Å². The van der Waals surface area contributed by atoms with Crippen LogP contribution < -0.4 is 16.4 Å². The van der Waals surface area contributed by atoms with E-state index in [9.17, 15) is 0 Å². The van der Waals surface area contributed by atoms with Crippen LogP contribution in [0.2, 0.25) is 0 Å². The van der Waals surface area contributed by atoms with Gasteiger partial charge in [0.1, 0.15) is 23.0 Å². The van der Waals surface area contributed by atoms with Crippen molar-refractivity contribution in [1.82, 2.24) is 20.2 Å². The van der Waals surface area contributed by atoms with Crippen molar-refractivity contribution < 1.29 is 26.3 Å². The zero-order valence-electron chi connectivity index (χ0n) is 29.8. The molecule has 1 aromatic heterocycles. The number of anilines is 2. The predicted molar refractivity (Wildman–Crippen MR) is 196 cm³/mol. The molecule has 0 aliphatic carbocycles. The van der Waals surface area contributed by atoms with Gasteiger partial charge in [-0.2, -0.15) is 13.2 Å². The number of nitrogen functional groups attached to an aromatic ring is 1. The number of nitrogens with zero attached hydrogens (tertiary/aromatic N) is 3. The van der Waals surface area contributed by atoms with Gasteiger partial charge < -0.3 is 16.4 Å². The number of terminal acetylenes is 1. The number of nitrogens with one attached hydrogen (secondary N) is 2. The summed E-state index contributed by atoms with van der Waals surface area (Å²) in [5, 5.41) is 5.99. The average Bonchev–Trinajstić information content (AvgIpc) is 3.69. The molecule has 0 amide bonds. The van der Waals surface area contributed by atoms with Crippen LogP contribution in [0.1, 0.15) is 88.2 Å². The van der Waals surface area contributed by atoms with Crippen molar-refractivity contribution in [2.45, 2.75) is 89.9 Å². The van der Waals surface area contributed by atoms with Crippen LogP contribution in [-0.2, 0) is 12.6 Å². The van der Waals surface area contributed by atoms with Gasteiger partial charge in [-0.1, -0.05) is 32.4 Å². The third-order valence-electron chi connectivity index (χ3n) is 10.9. The number of aromatic nitrogens is 2. The van der Waals surface area contributed by atoms with E-state index in [4.69, 9.17) is 17.1 Å². The summed E-state index contributed by atoms with van der Waals surface area (Å²) < 4.78 is 95.4. The van der Waals surface area contributed by atoms with Gasteiger partial charge in [-0.15, -0.1) is 6.42 Å². The molecule has 0 atom stereocenters. The summed E-state index contributed by atoms with van der Waals surface area (Å²) in [5.74, 6) is -1.43. The van der Waals surface area contributed by atoms with E-state index in [0.717, 1.165) is 63.7 Å². The Balaban J connectivity index is 1.66. The molecule has 52 heavy (non-hydrogen) atoms. The summed E-state index contributed by atoms with van der Waals surface area (Å²) in [4.78, 5) is 11.8. The van der Waals surface area contributed by atoms with Crippen LogP contribution in [-0.4, -0.2) is 52.6 Å². The monoisotopic (exact) mass is 722 g/mol. The molecule has 2 aliphatic rings. The van der Waals surface area contributed by atoms with Crippen LogP contribution in [0.25, 0.3) is 38.4 Å². The van der Waals surface area contributed by atoms with Crippen LogP contribution in [0.15, 0.2) is 24.8 Å². The molecule has 3 heterocycles. The van der Waals surface area contributed by atoms with Crippen molar-refractivity contribution >= 4 is 38.8 Å². The first-order valence-electron chi connectivity index (χ1n) is 17.9. The number of hydrogen-bond donors (Lipinski definition) is 3. The Morgan fingerprint density at radius 2 is 1.73 bits per heavy atom. The Hall–Kier alpha value is -4.34. The first-order chi connectivity index (χ1) is 24.8. The van der Waals surface area contributed by atoms with Gasteiger partial charge in [0.15, 0.2) is 11.6 Å². The van der Waals surface area contributed by atoms with Crippen molar-refractivity contribution in [3.63, 3.8) is 0 Å². The highest BCUT2D eigenvalue weighted by molar-refractivity contribution is 6.09. The Kier molecular flexibility index (Phi) is 10.5. The van der Waals surface area contributed by atoms with Crippen LogP contribution >= 0.6 is 0 Å². The molecule has 2 aliphatic heterocycles. The second-order valence-electron chi connectivity index (χ2n) is 14.1. The zero-order valence-corrected chi connectivity index (χ0v) is 29.8. The fraction of sp³-hybridized carbons (Fsp3) is 0.450. The van der Waals surface area contributed by atoms with Gasteiger partial charge in [0.25, 0.3) is 0 Å². The van der Waals surface area contributed by atoms with Crippen LogP contribution in [0.4, 0.5) is 37.8 Å². The number of fused-ring (bicyclic) bond motifs is 3. The first-order valence-corrected chi connectivity index (χ1v) is 17.9. The maximum atomic E-state index is 17.4. The lowest BCUT2D eigenvalue weighted by Gasteiger charge is -2.32. The molecule has 4 N–H and O–H groups in total. The molecule has 0 saturated carbocycles. The maximum absolute atomic E-state index is 17.4. The van der Waals surface area contributed by atoms with E-state index in [1.54, 1.807) is 0 Å². The SMILES string of the molecule is C#Cc1c(F)ccc2cc(N)c(F)c(-c3c(C(F)(F)F)c(C(=C)C)c4c(NCCNC(CC)CC)nc(CCC56CCCN5CCC6)nc4c3F)c12. The topological polar surface area (TPSA) is 79.1 Å². The Morgan fingerprint density at radius 3 is 2.35 bits per heavy atom. The van der Waals surface area contributed by atoms with Crippen molar-refractivity contribution in [3.05, 3.63) is 64.7 Å². The lowest BCUT2D eigenvalue weighted by atomic mass is 9.84. The van der Waals surface area contributed by atoms with Gasteiger partial charge in [0.05, 0.1) is 22.2 Å². The zero-order chi connectivity index (χ0) is 37.5.